The molecule has 96 valence electrons. The van der Waals surface area contributed by atoms with E-state index in [0.29, 0.717) is 6.54 Å². The number of amides is 2. The largest absolute Gasteiger partial charge is 0.350 e. The highest BCUT2D eigenvalue weighted by Crippen LogP contribution is 1.99. The molecular weight excluding hydrogens is 230 g/mol. The molecule has 0 aliphatic carbocycles. The Bertz CT molecular complexity index is 239. The maximum absolute atomic E-state index is 11.5. The smallest absolute Gasteiger partial charge is 0.242 e. The van der Waals surface area contributed by atoms with E-state index in [1.54, 1.807) is 6.92 Å². The lowest BCUT2D eigenvalue weighted by Crippen LogP contribution is -2.51. The van der Waals surface area contributed by atoms with E-state index in [1.165, 1.54) is 0 Å². The maximum atomic E-state index is 11.5. The van der Waals surface area contributed by atoms with Crippen LogP contribution < -0.4 is 16.4 Å². The van der Waals surface area contributed by atoms with Gasteiger partial charge in [0.2, 0.25) is 11.8 Å². The van der Waals surface area contributed by atoms with E-state index >= 15 is 0 Å². The molecule has 0 fully saturated rings. The third-order valence-electron chi connectivity index (χ3n) is 1.64. The standard InChI is InChI=1S/C10H21N3O2.ClH/c1-7(12-8(14)5-6-11)9(15)13-10(2,3)4;/h7H,5-6,11H2,1-4H3,(H,12,14)(H,13,15);1H. The predicted molar refractivity (Wildman–Crippen MR) is 66.4 cm³/mol. The molecule has 0 bridgehead atoms. The van der Waals surface area contributed by atoms with Crippen LogP contribution in [0.3, 0.4) is 0 Å². The van der Waals surface area contributed by atoms with Gasteiger partial charge in [0.25, 0.3) is 0 Å². The van der Waals surface area contributed by atoms with Crippen molar-refractivity contribution in [3.05, 3.63) is 0 Å². The lowest BCUT2D eigenvalue weighted by molar-refractivity contribution is -0.129. The molecule has 0 heterocycles. The molecule has 0 aliphatic rings. The third kappa shape index (κ3) is 8.49. The van der Waals surface area contributed by atoms with Crippen LogP contribution in [-0.4, -0.2) is 29.9 Å². The summed E-state index contributed by atoms with van der Waals surface area (Å²) in [6.07, 6.45) is 0.243. The molecule has 0 spiro atoms. The summed E-state index contributed by atoms with van der Waals surface area (Å²) in [5.41, 5.74) is 4.93. The Hall–Kier alpha value is -0.810. The molecule has 0 radical (unpaired) electrons. The van der Waals surface area contributed by atoms with Gasteiger partial charge in [0.1, 0.15) is 6.04 Å². The fourth-order valence-corrected chi connectivity index (χ4v) is 0.988. The van der Waals surface area contributed by atoms with Gasteiger partial charge in [-0.3, -0.25) is 9.59 Å². The number of hydrogen-bond donors (Lipinski definition) is 3. The van der Waals surface area contributed by atoms with Crippen LogP contribution >= 0.6 is 12.4 Å². The number of nitrogens with two attached hydrogens (primary N) is 1. The lowest BCUT2D eigenvalue weighted by Gasteiger charge is -2.23. The van der Waals surface area contributed by atoms with Crippen molar-refractivity contribution in [1.29, 1.82) is 0 Å². The Morgan fingerprint density at radius 3 is 2.19 bits per heavy atom. The van der Waals surface area contributed by atoms with Crippen LogP contribution in [0.4, 0.5) is 0 Å². The number of nitrogens with one attached hydrogen (secondary N) is 2. The SMILES string of the molecule is CC(NC(=O)CCN)C(=O)NC(C)(C)C.Cl. The van der Waals surface area contributed by atoms with Crippen LogP contribution in [0.15, 0.2) is 0 Å². The van der Waals surface area contributed by atoms with E-state index in [2.05, 4.69) is 10.6 Å². The van der Waals surface area contributed by atoms with Gasteiger partial charge < -0.3 is 16.4 Å². The molecule has 0 aromatic heterocycles. The summed E-state index contributed by atoms with van der Waals surface area (Å²) >= 11 is 0. The Balaban J connectivity index is 0. The van der Waals surface area contributed by atoms with Gasteiger partial charge in [-0.25, -0.2) is 0 Å². The van der Waals surface area contributed by atoms with E-state index in [4.69, 9.17) is 5.73 Å². The first kappa shape index (κ1) is 17.6. The first-order chi connectivity index (χ1) is 6.76. The highest BCUT2D eigenvalue weighted by Gasteiger charge is 2.20. The van der Waals surface area contributed by atoms with Crippen LogP contribution in [0.1, 0.15) is 34.1 Å². The van der Waals surface area contributed by atoms with Crippen molar-refractivity contribution in [2.24, 2.45) is 5.73 Å². The molecule has 4 N–H and O–H groups in total. The Morgan fingerprint density at radius 2 is 1.81 bits per heavy atom. The topological polar surface area (TPSA) is 84.2 Å². The van der Waals surface area contributed by atoms with Crippen molar-refractivity contribution in [2.45, 2.75) is 45.7 Å². The average molecular weight is 252 g/mol. The monoisotopic (exact) mass is 251 g/mol. The van der Waals surface area contributed by atoms with Crippen LogP contribution in [0, 0.1) is 0 Å². The Labute approximate surface area is 103 Å². The molecule has 0 rings (SSSR count). The zero-order valence-corrected chi connectivity index (χ0v) is 11.1. The van der Waals surface area contributed by atoms with Crippen molar-refractivity contribution in [3.8, 4) is 0 Å². The molecule has 0 aliphatic heterocycles. The van der Waals surface area contributed by atoms with Crippen LogP contribution in [-0.2, 0) is 9.59 Å². The first-order valence-corrected chi connectivity index (χ1v) is 5.07. The normalized spacial score (nSPS) is 12.3. The molecule has 1 atom stereocenters. The first-order valence-electron chi connectivity index (χ1n) is 5.07. The Kier molecular flexibility index (Phi) is 8.20. The highest BCUT2D eigenvalue weighted by atomic mass is 35.5. The number of halogens is 1. The second-order valence-electron chi connectivity index (χ2n) is 4.57. The third-order valence-corrected chi connectivity index (χ3v) is 1.64. The molecule has 0 saturated carbocycles. The van der Waals surface area contributed by atoms with Gasteiger partial charge in [-0.15, -0.1) is 12.4 Å². The summed E-state index contributed by atoms with van der Waals surface area (Å²) in [6.45, 7) is 7.60. The van der Waals surface area contributed by atoms with Gasteiger partial charge in [0, 0.05) is 18.5 Å². The van der Waals surface area contributed by atoms with Gasteiger partial charge in [0.15, 0.2) is 0 Å². The quantitative estimate of drug-likeness (QED) is 0.666. The zero-order valence-electron chi connectivity index (χ0n) is 10.3. The maximum Gasteiger partial charge on any atom is 0.242 e. The van der Waals surface area contributed by atoms with Gasteiger partial charge >= 0.3 is 0 Å². The minimum Gasteiger partial charge on any atom is -0.350 e. The molecule has 0 aromatic carbocycles. The second-order valence-corrected chi connectivity index (χ2v) is 4.57. The molecule has 2 amide bonds. The van der Waals surface area contributed by atoms with Gasteiger partial charge in [-0.2, -0.15) is 0 Å². The summed E-state index contributed by atoms with van der Waals surface area (Å²) in [5.74, 6) is -0.387. The van der Waals surface area contributed by atoms with Crippen molar-refractivity contribution >= 4 is 24.2 Å². The van der Waals surface area contributed by atoms with E-state index < -0.39 is 6.04 Å². The van der Waals surface area contributed by atoms with Gasteiger partial charge in [0.05, 0.1) is 0 Å². The lowest BCUT2D eigenvalue weighted by atomic mass is 10.1. The molecule has 1 unspecified atom stereocenters. The average Bonchev–Trinajstić information content (AvgIpc) is 2.00. The van der Waals surface area contributed by atoms with E-state index in [9.17, 15) is 9.59 Å². The predicted octanol–water partition coefficient (Wildman–Crippen LogP) is 0.176. The number of carbonyl (C=O) groups excluding carboxylic acids is 2. The fourth-order valence-electron chi connectivity index (χ4n) is 0.988. The molecule has 5 nitrogen and oxygen atoms in total. The fraction of sp³-hybridized carbons (Fsp3) is 0.800. The summed E-state index contributed by atoms with van der Waals surface area (Å²) < 4.78 is 0. The van der Waals surface area contributed by atoms with Crippen LogP contribution in [0.2, 0.25) is 0 Å². The number of rotatable bonds is 4. The van der Waals surface area contributed by atoms with Crippen molar-refractivity contribution in [2.75, 3.05) is 6.54 Å². The van der Waals surface area contributed by atoms with Crippen molar-refractivity contribution in [1.82, 2.24) is 10.6 Å². The van der Waals surface area contributed by atoms with Crippen molar-refractivity contribution in [3.63, 3.8) is 0 Å². The van der Waals surface area contributed by atoms with E-state index in [0.717, 1.165) is 0 Å². The Morgan fingerprint density at radius 1 is 1.31 bits per heavy atom. The van der Waals surface area contributed by atoms with E-state index in [-0.39, 0.29) is 36.2 Å². The van der Waals surface area contributed by atoms with E-state index in [1.807, 2.05) is 20.8 Å². The van der Waals surface area contributed by atoms with Crippen molar-refractivity contribution < 1.29 is 9.59 Å². The zero-order chi connectivity index (χ0) is 12.1. The summed E-state index contributed by atoms with van der Waals surface area (Å²) in [4.78, 5) is 22.7. The van der Waals surface area contributed by atoms with Gasteiger partial charge in [-0.1, -0.05) is 0 Å². The molecular formula is C10H22ClN3O2. The minimum atomic E-state index is -0.525. The molecule has 0 saturated heterocycles. The second kappa shape index (κ2) is 7.46. The minimum absolute atomic E-state index is 0. The summed E-state index contributed by atoms with van der Waals surface area (Å²) in [6, 6.07) is -0.525. The van der Waals surface area contributed by atoms with Gasteiger partial charge in [-0.05, 0) is 27.7 Å². The van der Waals surface area contributed by atoms with Crippen LogP contribution in [0.5, 0.6) is 0 Å². The molecule has 0 aromatic rings. The number of hydrogen-bond acceptors (Lipinski definition) is 3. The number of carbonyl (C=O) groups is 2. The summed E-state index contributed by atoms with van der Waals surface area (Å²) in [7, 11) is 0. The molecule has 16 heavy (non-hydrogen) atoms. The molecule has 6 heteroatoms. The van der Waals surface area contributed by atoms with Crippen LogP contribution in [0.25, 0.3) is 0 Å². The summed E-state index contributed by atoms with van der Waals surface area (Å²) in [5, 5.41) is 5.35. The highest BCUT2D eigenvalue weighted by molar-refractivity contribution is 5.87.